The van der Waals surface area contributed by atoms with Crippen molar-refractivity contribution in [2.45, 2.75) is 0 Å². The SMILES string of the molecule is O=[N+]([O-])c1ccc(Oc2ccc(Cl)cc2)cc1Oc1ccc(Cl)cc1. The van der Waals surface area contributed by atoms with Crippen molar-refractivity contribution in [3.8, 4) is 23.0 Å². The smallest absolute Gasteiger partial charge is 0.311 e. The molecule has 126 valence electrons. The first kappa shape index (κ1) is 17.1. The maximum absolute atomic E-state index is 11.2. The molecule has 5 nitrogen and oxygen atoms in total. The van der Waals surface area contributed by atoms with Crippen LogP contribution in [-0.4, -0.2) is 4.92 Å². The molecule has 0 N–H and O–H groups in total. The first-order chi connectivity index (χ1) is 12.0. The first-order valence-electron chi connectivity index (χ1n) is 7.16. The Bertz CT molecular complexity index is 896. The molecule has 0 atom stereocenters. The van der Waals surface area contributed by atoms with Gasteiger partial charge in [0.2, 0.25) is 5.75 Å². The van der Waals surface area contributed by atoms with E-state index in [-0.39, 0.29) is 11.4 Å². The van der Waals surface area contributed by atoms with Gasteiger partial charge in [-0.2, -0.15) is 0 Å². The van der Waals surface area contributed by atoms with Crippen LogP contribution in [0.1, 0.15) is 0 Å². The maximum atomic E-state index is 11.2. The van der Waals surface area contributed by atoms with Crippen molar-refractivity contribution in [2.75, 3.05) is 0 Å². The first-order valence-corrected chi connectivity index (χ1v) is 7.92. The minimum absolute atomic E-state index is 0.0683. The van der Waals surface area contributed by atoms with Gasteiger partial charge in [0.1, 0.15) is 17.2 Å². The molecule has 0 bridgehead atoms. The van der Waals surface area contributed by atoms with Gasteiger partial charge in [0.15, 0.2) is 0 Å². The summed E-state index contributed by atoms with van der Waals surface area (Å²) in [6, 6.07) is 17.6. The van der Waals surface area contributed by atoms with E-state index in [1.807, 2.05) is 0 Å². The fourth-order valence-electron chi connectivity index (χ4n) is 2.06. The average molecular weight is 376 g/mol. The lowest BCUT2D eigenvalue weighted by atomic mass is 10.2. The highest BCUT2D eigenvalue weighted by atomic mass is 35.5. The van der Waals surface area contributed by atoms with E-state index in [2.05, 4.69) is 0 Å². The van der Waals surface area contributed by atoms with E-state index in [1.165, 1.54) is 18.2 Å². The van der Waals surface area contributed by atoms with Gasteiger partial charge >= 0.3 is 5.69 Å². The largest absolute Gasteiger partial charge is 0.457 e. The van der Waals surface area contributed by atoms with Gasteiger partial charge in [0.25, 0.3) is 0 Å². The summed E-state index contributed by atoms with van der Waals surface area (Å²) in [6.45, 7) is 0. The molecule has 0 unspecified atom stereocenters. The topological polar surface area (TPSA) is 61.6 Å². The molecule has 7 heteroatoms. The van der Waals surface area contributed by atoms with Gasteiger partial charge in [-0.05, 0) is 54.6 Å². The molecule has 3 aromatic rings. The molecule has 0 spiro atoms. The van der Waals surface area contributed by atoms with Crippen LogP contribution in [0.3, 0.4) is 0 Å². The lowest BCUT2D eigenvalue weighted by Gasteiger charge is -2.10. The second kappa shape index (κ2) is 7.42. The lowest BCUT2D eigenvalue weighted by Crippen LogP contribution is -1.94. The molecule has 0 aliphatic rings. The molecule has 0 fully saturated rings. The Balaban J connectivity index is 1.89. The Hall–Kier alpha value is -2.76. The number of halogens is 2. The molecule has 0 heterocycles. The molecule has 0 radical (unpaired) electrons. The summed E-state index contributed by atoms with van der Waals surface area (Å²) in [5.41, 5.74) is -0.168. The van der Waals surface area contributed by atoms with Crippen LogP contribution >= 0.6 is 23.2 Å². The predicted molar refractivity (Wildman–Crippen MR) is 96.1 cm³/mol. The highest BCUT2D eigenvalue weighted by Crippen LogP contribution is 2.36. The number of nitro groups is 1. The van der Waals surface area contributed by atoms with E-state index in [1.54, 1.807) is 48.5 Å². The fourth-order valence-corrected chi connectivity index (χ4v) is 2.31. The third kappa shape index (κ3) is 4.41. The predicted octanol–water partition coefficient (Wildman–Crippen LogP) is 6.49. The average Bonchev–Trinajstić information content (AvgIpc) is 2.59. The van der Waals surface area contributed by atoms with Crippen LogP contribution in [0.15, 0.2) is 66.7 Å². The number of hydrogen-bond donors (Lipinski definition) is 0. The Morgan fingerprint density at radius 2 is 1.20 bits per heavy atom. The van der Waals surface area contributed by atoms with Gasteiger partial charge < -0.3 is 9.47 Å². The third-order valence-corrected chi connectivity index (χ3v) is 3.72. The molecule has 0 aliphatic carbocycles. The lowest BCUT2D eigenvalue weighted by molar-refractivity contribution is -0.385. The zero-order valence-electron chi connectivity index (χ0n) is 12.7. The zero-order valence-corrected chi connectivity index (χ0v) is 14.2. The normalized spacial score (nSPS) is 10.3. The number of benzene rings is 3. The highest BCUT2D eigenvalue weighted by Gasteiger charge is 2.17. The number of ether oxygens (including phenoxy) is 2. The third-order valence-electron chi connectivity index (χ3n) is 3.22. The summed E-state index contributed by atoms with van der Waals surface area (Å²) >= 11 is 11.7. The second-order valence-electron chi connectivity index (χ2n) is 5.00. The molecule has 0 saturated heterocycles. The van der Waals surface area contributed by atoms with Crippen LogP contribution in [-0.2, 0) is 0 Å². The van der Waals surface area contributed by atoms with Crippen molar-refractivity contribution >= 4 is 28.9 Å². The Kier molecular flexibility index (Phi) is 5.07. The minimum atomic E-state index is -0.517. The summed E-state index contributed by atoms with van der Waals surface area (Å²) in [5.74, 6) is 1.45. The van der Waals surface area contributed by atoms with Gasteiger partial charge in [-0.1, -0.05) is 23.2 Å². The number of rotatable bonds is 5. The van der Waals surface area contributed by atoms with Crippen LogP contribution in [0, 0.1) is 10.1 Å². The second-order valence-corrected chi connectivity index (χ2v) is 5.87. The fraction of sp³-hybridized carbons (Fsp3) is 0. The van der Waals surface area contributed by atoms with Crippen molar-refractivity contribution < 1.29 is 14.4 Å². The number of nitrogens with zero attached hydrogens (tertiary/aromatic N) is 1. The summed E-state index contributed by atoms with van der Waals surface area (Å²) in [5, 5.41) is 12.4. The van der Waals surface area contributed by atoms with Crippen molar-refractivity contribution in [1.82, 2.24) is 0 Å². The maximum Gasteiger partial charge on any atom is 0.311 e. The van der Waals surface area contributed by atoms with E-state index in [9.17, 15) is 10.1 Å². The molecule has 3 rings (SSSR count). The van der Waals surface area contributed by atoms with E-state index in [0.717, 1.165) is 0 Å². The van der Waals surface area contributed by atoms with Crippen LogP contribution < -0.4 is 9.47 Å². The Morgan fingerprint density at radius 3 is 1.72 bits per heavy atom. The molecule has 0 amide bonds. The summed E-state index contributed by atoms with van der Waals surface area (Å²) in [4.78, 5) is 10.7. The van der Waals surface area contributed by atoms with Crippen molar-refractivity contribution in [3.05, 3.63) is 86.9 Å². The van der Waals surface area contributed by atoms with Crippen molar-refractivity contribution in [2.24, 2.45) is 0 Å². The number of nitro benzene ring substituents is 1. The van der Waals surface area contributed by atoms with Gasteiger partial charge in [-0.15, -0.1) is 0 Å². The van der Waals surface area contributed by atoms with Crippen molar-refractivity contribution in [3.63, 3.8) is 0 Å². The molecule has 0 aliphatic heterocycles. The van der Waals surface area contributed by atoms with Gasteiger partial charge in [0, 0.05) is 22.2 Å². The van der Waals surface area contributed by atoms with Crippen LogP contribution in [0.25, 0.3) is 0 Å². The van der Waals surface area contributed by atoms with E-state index < -0.39 is 4.92 Å². The van der Waals surface area contributed by atoms with Gasteiger partial charge in [-0.25, -0.2) is 0 Å². The molecular weight excluding hydrogens is 365 g/mol. The Labute approximate surface area is 153 Å². The number of hydrogen-bond acceptors (Lipinski definition) is 4. The molecule has 0 aromatic heterocycles. The minimum Gasteiger partial charge on any atom is -0.457 e. The van der Waals surface area contributed by atoms with Gasteiger partial charge in [0.05, 0.1) is 4.92 Å². The van der Waals surface area contributed by atoms with E-state index in [0.29, 0.717) is 27.3 Å². The van der Waals surface area contributed by atoms with Gasteiger partial charge in [-0.3, -0.25) is 10.1 Å². The summed E-state index contributed by atoms with van der Waals surface area (Å²) in [7, 11) is 0. The Morgan fingerprint density at radius 1 is 0.720 bits per heavy atom. The standard InChI is InChI=1S/C18H11Cl2NO4/c19-12-1-5-14(6-2-12)24-16-9-10-17(21(22)23)18(11-16)25-15-7-3-13(20)4-8-15/h1-11H. The van der Waals surface area contributed by atoms with Crippen LogP contribution in [0.5, 0.6) is 23.0 Å². The van der Waals surface area contributed by atoms with Crippen molar-refractivity contribution in [1.29, 1.82) is 0 Å². The molecular formula is C18H11Cl2NO4. The zero-order chi connectivity index (χ0) is 17.8. The summed E-state index contributed by atoms with van der Waals surface area (Å²) < 4.78 is 11.3. The quantitative estimate of drug-likeness (QED) is 0.377. The van der Waals surface area contributed by atoms with E-state index >= 15 is 0 Å². The van der Waals surface area contributed by atoms with E-state index in [4.69, 9.17) is 32.7 Å². The van der Waals surface area contributed by atoms with Crippen LogP contribution in [0.2, 0.25) is 10.0 Å². The highest BCUT2D eigenvalue weighted by molar-refractivity contribution is 6.30. The molecule has 0 saturated carbocycles. The monoisotopic (exact) mass is 375 g/mol. The molecule has 3 aromatic carbocycles. The summed E-state index contributed by atoms with van der Waals surface area (Å²) in [6.07, 6.45) is 0. The van der Waals surface area contributed by atoms with Crippen LogP contribution in [0.4, 0.5) is 5.69 Å². The molecule has 25 heavy (non-hydrogen) atoms.